The van der Waals surface area contributed by atoms with Gasteiger partial charge in [-0.15, -0.1) is 4.40 Å². The number of hydrogen-bond acceptors (Lipinski definition) is 4. The maximum Gasteiger partial charge on any atom is 0.285 e. The Bertz CT molecular complexity index is 940. The molecule has 0 radical (unpaired) electrons. The van der Waals surface area contributed by atoms with Gasteiger partial charge in [0.1, 0.15) is 10.7 Å². The summed E-state index contributed by atoms with van der Waals surface area (Å²) in [6.45, 7) is 9.29. The summed E-state index contributed by atoms with van der Waals surface area (Å²) in [7, 11) is -3.70. The van der Waals surface area contributed by atoms with E-state index in [0.29, 0.717) is 35.0 Å². The Morgan fingerprint density at radius 1 is 1.20 bits per heavy atom. The third-order valence-corrected chi connectivity index (χ3v) is 7.50. The molecular weight excluding hydrogens is 398 g/mol. The fourth-order valence-electron chi connectivity index (χ4n) is 4.11. The molecule has 1 fully saturated rings. The van der Waals surface area contributed by atoms with E-state index in [4.69, 9.17) is 0 Å². The fraction of sp³-hybridized carbons (Fsp3) is 0.565. The van der Waals surface area contributed by atoms with Crippen molar-refractivity contribution in [3.05, 3.63) is 41.0 Å². The van der Waals surface area contributed by atoms with Crippen LogP contribution in [-0.2, 0) is 14.8 Å². The number of unbranched alkanes of at least 4 members (excludes halogenated alkanes) is 1. The number of benzene rings is 1. The summed E-state index contributed by atoms with van der Waals surface area (Å²) in [6, 6.07) is 7.65. The molecular formula is C23H33N3O3S. The second-order valence-electron chi connectivity index (χ2n) is 8.52. The van der Waals surface area contributed by atoms with Crippen LogP contribution >= 0.6 is 0 Å². The molecule has 1 N–H and O–H groups in total. The zero-order chi connectivity index (χ0) is 21.9. The number of aryl methyl sites for hydroxylation is 1. The van der Waals surface area contributed by atoms with E-state index >= 15 is 0 Å². The molecule has 1 atom stereocenters. The van der Waals surface area contributed by atoms with Crippen molar-refractivity contribution in [2.75, 3.05) is 13.1 Å². The van der Waals surface area contributed by atoms with Gasteiger partial charge < -0.3 is 10.2 Å². The Kier molecular flexibility index (Phi) is 7.01. The number of hydrogen-bond donors (Lipinski definition) is 1. The van der Waals surface area contributed by atoms with Crippen LogP contribution in [-0.4, -0.2) is 44.2 Å². The van der Waals surface area contributed by atoms with Gasteiger partial charge in [0.2, 0.25) is 5.91 Å². The van der Waals surface area contributed by atoms with Crippen LogP contribution in [0, 0.1) is 12.8 Å². The molecule has 2 heterocycles. The summed E-state index contributed by atoms with van der Waals surface area (Å²) < 4.78 is 29.6. The van der Waals surface area contributed by atoms with E-state index < -0.39 is 10.0 Å². The average Bonchev–Trinajstić information content (AvgIpc) is 2.96. The van der Waals surface area contributed by atoms with Gasteiger partial charge in [-0.25, -0.2) is 0 Å². The molecule has 164 valence electrons. The first-order valence-electron chi connectivity index (χ1n) is 10.9. The number of rotatable bonds is 6. The van der Waals surface area contributed by atoms with Gasteiger partial charge >= 0.3 is 0 Å². The summed E-state index contributed by atoms with van der Waals surface area (Å²) in [4.78, 5) is 14.7. The lowest BCUT2D eigenvalue weighted by Crippen LogP contribution is -2.47. The van der Waals surface area contributed by atoms with Crippen LogP contribution in [0.5, 0.6) is 0 Å². The van der Waals surface area contributed by atoms with E-state index in [1.54, 1.807) is 0 Å². The molecule has 0 aromatic heterocycles. The first kappa shape index (κ1) is 22.5. The number of likely N-dealkylation sites (tertiary alicyclic amines) is 1. The molecule has 1 amide bonds. The second kappa shape index (κ2) is 9.33. The summed E-state index contributed by atoms with van der Waals surface area (Å²) in [5.74, 6) is 0.710. The third-order valence-electron chi connectivity index (χ3n) is 6.03. The molecule has 3 rings (SSSR count). The molecule has 6 nitrogen and oxygen atoms in total. The van der Waals surface area contributed by atoms with Crippen LogP contribution in [0.3, 0.4) is 0 Å². The van der Waals surface area contributed by atoms with Gasteiger partial charge in [-0.05, 0) is 38.7 Å². The van der Waals surface area contributed by atoms with Crippen LogP contribution < -0.4 is 5.32 Å². The van der Waals surface area contributed by atoms with Gasteiger partial charge in [0, 0.05) is 30.6 Å². The Labute approximate surface area is 180 Å². The normalized spacial score (nSPS) is 20.3. The molecule has 0 bridgehead atoms. The van der Waals surface area contributed by atoms with Crippen molar-refractivity contribution in [1.29, 1.82) is 0 Å². The van der Waals surface area contributed by atoms with E-state index in [9.17, 15) is 13.2 Å². The fourth-order valence-corrected chi connectivity index (χ4v) is 5.59. The van der Waals surface area contributed by atoms with E-state index in [0.717, 1.165) is 37.7 Å². The Morgan fingerprint density at radius 2 is 1.83 bits per heavy atom. The van der Waals surface area contributed by atoms with Crippen molar-refractivity contribution in [1.82, 2.24) is 10.2 Å². The lowest BCUT2D eigenvalue weighted by atomic mass is 10.00. The SMILES string of the molecule is CCCC[C@H](C)C(=O)NC1CCN(C2=NS(=O)(=O)C(c3ccc(C)cc3)=C2C)CC1. The van der Waals surface area contributed by atoms with Gasteiger partial charge in [-0.2, -0.15) is 8.42 Å². The monoisotopic (exact) mass is 431 g/mol. The topological polar surface area (TPSA) is 78.8 Å². The molecule has 2 aliphatic heterocycles. The van der Waals surface area contributed by atoms with Crippen LogP contribution in [0.15, 0.2) is 34.2 Å². The molecule has 0 saturated carbocycles. The maximum absolute atomic E-state index is 12.8. The Morgan fingerprint density at radius 3 is 2.43 bits per heavy atom. The van der Waals surface area contributed by atoms with Crippen LogP contribution in [0.1, 0.15) is 64.0 Å². The minimum absolute atomic E-state index is 0.0366. The zero-order valence-corrected chi connectivity index (χ0v) is 19.3. The van der Waals surface area contributed by atoms with Crippen molar-refractivity contribution in [3.8, 4) is 0 Å². The number of carbonyl (C=O) groups is 1. The summed E-state index contributed by atoms with van der Waals surface area (Å²) in [6.07, 6.45) is 4.66. The second-order valence-corrected chi connectivity index (χ2v) is 10.1. The highest BCUT2D eigenvalue weighted by Gasteiger charge is 2.35. The first-order valence-corrected chi connectivity index (χ1v) is 12.4. The molecule has 30 heavy (non-hydrogen) atoms. The predicted octanol–water partition coefficient (Wildman–Crippen LogP) is 3.87. The number of amides is 1. The van der Waals surface area contributed by atoms with Crippen molar-refractivity contribution >= 4 is 26.7 Å². The number of piperidine rings is 1. The number of carbonyl (C=O) groups excluding carboxylic acids is 1. The molecule has 1 saturated heterocycles. The van der Waals surface area contributed by atoms with Gasteiger partial charge in [-0.1, -0.05) is 56.5 Å². The first-order chi connectivity index (χ1) is 14.2. The van der Waals surface area contributed by atoms with Gasteiger partial charge in [0.15, 0.2) is 0 Å². The number of nitrogens with zero attached hydrogens (tertiary/aromatic N) is 2. The van der Waals surface area contributed by atoms with E-state index in [2.05, 4.69) is 16.6 Å². The molecule has 1 aromatic rings. The lowest BCUT2D eigenvalue weighted by Gasteiger charge is -2.34. The minimum atomic E-state index is -3.70. The number of amidine groups is 1. The Balaban J connectivity index is 1.65. The third kappa shape index (κ3) is 4.94. The smallest absolute Gasteiger partial charge is 0.285 e. The van der Waals surface area contributed by atoms with Gasteiger partial charge in [0.05, 0.1) is 0 Å². The highest BCUT2D eigenvalue weighted by molar-refractivity contribution is 8.00. The maximum atomic E-state index is 12.8. The van der Waals surface area contributed by atoms with Gasteiger partial charge in [-0.3, -0.25) is 4.79 Å². The van der Waals surface area contributed by atoms with Crippen LogP contribution in [0.4, 0.5) is 0 Å². The molecule has 7 heteroatoms. The number of sulfonamides is 1. The predicted molar refractivity (Wildman–Crippen MR) is 122 cm³/mol. The molecule has 0 aliphatic carbocycles. The van der Waals surface area contributed by atoms with Crippen molar-refractivity contribution in [2.24, 2.45) is 10.3 Å². The lowest BCUT2D eigenvalue weighted by molar-refractivity contribution is -0.125. The minimum Gasteiger partial charge on any atom is -0.356 e. The van der Waals surface area contributed by atoms with Crippen molar-refractivity contribution in [2.45, 2.75) is 65.8 Å². The van der Waals surface area contributed by atoms with Crippen molar-refractivity contribution in [3.63, 3.8) is 0 Å². The molecule has 0 spiro atoms. The Hall–Kier alpha value is -2.15. The summed E-state index contributed by atoms with van der Waals surface area (Å²) in [5, 5.41) is 3.17. The number of nitrogens with one attached hydrogen (secondary N) is 1. The van der Waals surface area contributed by atoms with Crippen LogP contribution in [0.2, 0.25) is 0 Å². The highest BCUT2D eigenvalue weighted by atomic mass is 32.2. The van der Waals surface area contributed by atoms with Crippen molar-refractivity contribution < 1.29 is 13.2 Å². The molecule has 0 unspecified atom stereocenters. The van der Waals surface area contributed by atoms with Crippen LogP contribution in [0.25, 0.3) is 4.91 Å². The summed E-state index contributed by atoms with van der Waals surface area (Å²) in [5.41, 5.74) is 2.47. The van der Waals surface area contributed by atoms with Gasteiger partial charge in [0.25, 0.3) is 10.0 Å². The molecule has 2 aliphatic rings. The quantitative estimate of drug-likeness (QED) is 0.741. The van der Waals surface area contributed by atoms with E-state index in [1.807, 2.05) is 49.9 Å². The molecule has 1 aromatic carbocycles. The van der Waals surface area contributed by atoms with E-state index in [1.165, 1.54) is 0 Å². The zero-order valence-electron chi connectivity index (χ0n) is 18.4. The van der Waals surface area contributed by atoms with E-state index in [-0.39, 0.29) is 17.9 Å². The standard InChI is InChI=1S/C23H33N3O3S/c1-5-6-7-17(3)23(27)24-20-12-14-26(15-13-20)22-18(4)21(30(28,29)25-22)19-10-8-16(2)9-11-19/h8-11,17,20H,5-7,12-15H2,1-4H3,(H,24,27)/t17-/m0/s1. The largest absolute Gasteiger partial charge is 0.356 e. The average molecular weight is 432 g/mol. The summed E-state index contributed by atoms with van der Waals surface area (Å²) >= 11 is 0. The highest BCUT2D eigenvalue weighted by Crippen LogP contribution is 2.34.